The molecule has 1 aliphatic rings. The molecule has 6 heteroatoms. The molecule has 0 aliphatic carbocycles. The minimum Gasteiger partial charge on any atom is -0.337 e. The molecule has 0 unspecified atom stereocenters. The summed E-state index contributed by atoms with van der Waals surface area (Å²) in [7, 11) is 2.06. The van der Waals surface area contributed by atoms with Gasteiger partial charge in [-0.05, 0) is 68.6 Å². The van der Waals surface area contributed by atoms with Crippen molar-refractivity contribution in [3.8, 4) is 0 Å². The van der Waals surface area contributed by atoms with E-state index >= 15 is 0 Å². The minimum atomic E-state index is 0.580. The van der Waals surface area contributed by atoms with E-state index in [2.05, 4.69) is 48.9 Å². The second kappa shape index (κ2) is 7.88. The molecule has 140 valence electrons. The average molecular weight is 362 g/mol. The molecular formula is C21H26N6. The largest absolute Gasteiger partial charge is 0.337 e. The lowest BCUT2D eigenvalue weighted by atomic mass is 9.90. The molecule has 0 amide bonds. The number of hydrogen-bond acceptors (Lipinski definition) is 5. The third-order valence-electron chi connectivity index (χ3n) is 5.27. The first-order chi connectivity index (χ1) is 13.2. The summed E-state index contributed by atoms with van der Waals surface area (Å²) in [5.74, 6) is 3.41. The summed E-state index contributed by atoms with van der Waals surface area (Å²) < 4.78 is 2.10. The number of aromatic nitrogens is 4. The Morgan fingerprint density at radius 3 is 2.67 bits per heavy atom. The zero-order valence-corrected chi connectivity index (χ0v) is 16.0. The summed E-state index contributed by atoms with van der Waals surface area (Å²) in [6.45, 7) is 5.12. The Balaban J connectivity index is 1.37. The zero-order chi connectivity index (χ0) is 18.6. The number of anilines is 2. The number of pyridine rings is 2. The normalized spacial score (nSPS) is 15.8. The monoisotopic (exact) mass is 362 g/mol. The molecule has 1 N–H and O–H groups in total. The molecular weight excluding hydrogens is 336 g/mol. The fraction of sp³-hybridized carbons (Fsp3) is 0.381. The second-order valence-electron chi connectivity index (χ2n) is 7.27. The van der Waals surface area contributed by atoms with E-state index in [4.69, 9.17) is 0 Å². The number of nitrogens with zero attached hydrogens (tertiary/aromatic N) is 5. The third kappa shape index (κ3) is 4.34. The smallest absolute Gasteiger partial charge is 0.131 e. The molecule has 1 fully saturated rings. The summed E-state index contributed by atoms with van der Waals surface area (Å²) in [6.07, 6.45) is 8.11. The molecule has 0 atom stereocenters. The molecule has 27 heavy (non-hydrogen) atoms. The highest BCUT2D eigenvalue weighted by atomic mass is 15.2. The first-order valence-electron chi connectivity index (χ1n) is 9.52. The Kier molecular flexibility index (Phi) is 5.16. The number of nitrogens with one attached hydrogen (secondary N) is 1. The van der Waals surface area contributed by atoms with Crippen LogP contribution in [0.1, 0.15) is 35.8 Å². The van der Waals surface area contributed by atoms with E-state index in [0.29, 0.717) is 5.92 Å². The first kappa shape index (κ1) is 17.7. The molecule has 4 heterocycles. The van der Waals surface area contributed by atoms with Gasteiger partial charge in [0.1, 0.15) is 17.5 Å². The van der Waals surface area contributed by atoms with Crippen molar-refractivity contribution in [2.24, 2.45) is 7.05 Å². The maximum Gasteiger partial charge on any atom is 0.131 e. The molecule has 1 aliphatic heterocycles. The van der Waals surface area contributed by atoms with E-state index < -0.39 is 0 Å². The quantitative estimate of drug-likeness (QED) is 0.751. The average Bonchev–Trinajstić information content (AvgIpc) is 3.07. The number of rotatable bonds is 5. The number of imidazole rings is 1. The lowest BCUT2D eigenvalue weighted by molar-refractivity contribution is 0.198. The maximum absolute atomic E-state index is 4.50. The van der Waals surface area contributed by atoms with Gasteiger partial charge >= 0.3 is 0 Å². The van der Waals surface area contributed by atoms with Gasteiger partial charge in [-0.3, -0.25) is 4.90 Å². The summed E-state index contributed by atoms with van der Waals surface area (Å²) in [6, 6.07) is 10.3. The van der Waals surface area contributed by atoms with Crippen molar-refractivity contribution in [1.82, 2.24) is 24.4 Å². The Bertz CT molecular complexity index is 895. The van der Waals surface area contributed by atoms with Crippen LogP contribution in [-0.2, 0) is 13.6 Å². The lowest BCUT2D eigenvalue weighted by Crippen LogP contribution is -2.33. The molecule has 4 rings (SSSR count). The summed E-state index contributed by atoms with van der Waals surface area (Å²) in [5, 5.41) is 3.33. The number of likely N-dealkylation sites (tertiary alicyclic amines) is 1. The molecule has 1 saturated heterocycles. The van der Waals surface area contributed by atoms with Gasteiger partial charge in [0.25, 0.3) is 0 Å². The Labute approximate surface area is 160 Å². The molecule has 0 saturated carbocycles. The van der Waals surface area contributed by atoms with Gasteiger partial charge in [-0.25, -0.2) is 15.0 Å². The van der Waals surface area contributed by atoms with Crippen molar-refractivity contribution < 1.29 is 0 Å². The molecule has 0 aromatic carbocycles. The fourth-order valence-corrected chi connectivity index (χ4v) is 3.69. The minimum absolute atomic E-state index is 0.580. The fourth-order valence-electron chi connectivity index (χ4n) is 3.69. The van der Waals surface area contributed by atoms with Crippen LogP contribution in [0.3, 0.4) is 0 Å². The second-order valence-corrected chi connectivity index (χ2v) is 7.27. The Hall–Kier alpha value is -2.73. The van der Waals surface area contributed by atoms with Crippen LogP contribution in [0.15, 0.2) is 48.9 Å². The van der Waals surface area contributed by atoms with E-state index in [-0.39, 0.29) is 0 Å². The van der Waals surface area contributed by atoms with Crippen molar-refractivity contribution >= 4 is 11.6 Å². The van der Waals surface area contributed by atoms with E-state index in [9.17, 15) is 0 Å². The van der Waals surface area contributed by atoms with E-state index in [1.54, 1.807) is 0 Å². The van der Waals surface area contributed by atoms with Crippen molar-refractivity contribution in [2.75, 3.05) is 18.4 Å². The highest BCUT2D eigenvalue weighted by molar-refractivity contribution is 5.52. The van der Waals surface area contributed by atoms with Crippen molar-refractivity contribution in [3.63, 3.8) is 0 Å². The summed E-state index contributed by atoms with van der Waals surface area (Å²) in [4.78, 5) is 15.9. The molecule has 0 bridgehead atoms. The molecule has 0 radical (unpaired) electrons. The number of hydrogen-bond donors (Lipinski definition) is 1. The van der Waals surface area contributed by atoms with Gasteiger partial charge in [-0.1, -0.05) is 6.07 Å². The van der Waals surface area contributed by atoms with Gasteiger partial charge in [0, 0.05) is 31.3 Å². The van der Waals surface area contributed by atoms with Gasteiger partial charge in [0.2, 0.25) is 0 Å². The zero-order valence-electron chi connectivity index (χ0n) is 16.0. The number of aryl methyl sites for hydroxylation is 2. The predicted molar refractivity (Wildman–Crippen MR) is 107 cm³/mol. The molecule has 6 nitrogen and oxygen atoms in total. The molecule has 0 spiro atoms. The number of piperidine rings is 1. The third-order valence-corrected chi connectivity index (χ3v) is 5.27. The lowest BCUT2D eigenvalue weighted by Gasteiger charge is -2.32. The van der Waals surface area contributed by atoms with Crippen LogP contribution in [0.25, 0.3) is 0 Å². The van der Waals surface area contributed by atoms with Crippen molar-refractivity contribution in [3.05, 3.63) is 66.0 Å². The Morgan fingerprint density at radius 1 is 1.07 bits per heavy atom. The molecule has 3 aromatic rings. The van der Waals surface area contributed by atoms with Crippen LogP contribution in [0, 0.1) is 6.92 Å². The highest BCUT2D eigenvalue weighted by Gasteiger charge is 2.21. The summed E-state index contributed by atoms with van der Waals surface area (Å²) in [5.41, 5.74) is 2.35. The van der Waals surface area contributed by atoms with Gasteiger partial charge in [0.15, 0.2) is 0 Å². The van der Waals surface area contributed by atoms with Crippen LogP contribution in [0.2, 0.25) is 0 Å². The van der Waals surface area contributed by atoms with Gasteiger partial charge in [-0.15, -0.1) is 0 Å². The van der Waals surface area contributed by atoms with Gasteiger partial charge < -0.3 is 9.88 Å². The topological polar surface area (TPSA) is 58.9 Å². The van der Waals surface area contributed by atoms with Crippen LogP contribution < -0.4 is 5.32 Å². The van der Waals surface area contributed by atoms with Crippen LogP contribution in [0.5, 0.6) is 0 Å². The maximum atomic E-state index is 4.50. The van der Waals surface area contributed by atoms with Crippen LogP contribution >= 0.6 is 0 Å². The van der Waals surface area contributed by atoms with E-state index in [1.165, 1.54) is 5.56 Å². The summed E-state index contributed by atoms with van der Waals surface area (Å²) >= 11 is 0. The van der Waals surface area contributed by atoms with Gasteiger partial charge in [0.05, 0.1) is 6.54 Å². The first-order valence-corrected chi connectivity index (χ1v) is 9.52. The van der Waals surface area contributed by atoms with Crippen molar-refractivity contribution in [1.29, 1.82) is 0 Å². The van der Waals surface area contributed by atoms with Crippen LogP contribution in [-0.4, -0.2) is 37.5 Å². The SMILES string of the molecule is Cc1cccc(Nc2cc(C3CCN(Cc4nccn4C)CC3)ccn2)n1. The van der Waals surface area contributed by atoms with Crippen LogP contribution in [0.4, 0.5) is 11.6 Å². The van der Waals surface area contributed by atoms with E-state index in [0.717, 1.165) is 55.6 Å². The van der Waals surface area contributed by atoms with Crippen molar-refractivity contribution in [2.45, 2.75) is 32.2 Å². The standard InChI is InChI=1S/C21H26N6/c1-16-4-3-5-19(24-16)25-20-14-18(6-9-22-20)17-7-11-27(12-8-17)15-21-23-10-13-26(21)2/h3-6,9-10,13-14,17H,7-8,11-12,15H2,1-2H3,(H,22,24,25). The Morgan fingerprint density at radius 2 is 1.93 bits per heavy atom. The van der Waals surface area contributed by atoms with Gasteiger partial charge in [-0.2, -0.15) is 0 Å². The predicted octanol–water partition coefficient (Wildman–Crippen LogP) is 3.64. The molecule has 3 aromatic heterocycles. The highest BCUT2D eigenvalue weighted by Crippen LogP contribution is 2.29. The van der Waals surface area contributed by atoms with E-state index in [1.807, 2.05) is 43.7 Å².